The van der Waals surface area contributed by atoms with Gasteiger partial charge in [0, 0.05) is 43.4 Å². The van der Waals surface area contributed by atoms with Gasteiger partial charge in [0.25, 0.3) is 0 Å². The maximum Gasteiger partial charge on any atom is 0.211 e. The van der Waals surface area contributed by atoms with Gasteiger partial charge in [-0.3, -0.25) is 15.1 Å². The molecular formula is C23H26N8O2S. The van der Waals surface area contributed by atoms with Crippen LogP contribution in [0.3, 0.4) is 0 Å². The molecule has 4 aliphatic heterocycles. The molecule has 0 aromatic carbocycles. The van der Waals surface area contributed by atoms with Gasteiger partial charge in [0.1, 0.15) is 6.17 Å². The molecule has 1 aromatic heterocycles. The van der Waals surface area contributed by atoms with Crippen LogP contribution in [-0.4, -0.2) is 76.8 Å². The van der Waals surface area contributed by atoms with Crippen LogP contribution in [0.2, 0.25) is 0 Å². The van der Waals surface area contributed by atoms with E-state index in [1.165, 1.54) is 16.1 Å². The molecule has 1 fully saturated rings. The van der Waals surface area contributed by atoms with Crippen molar-refractivity contribution in [3.63, 3.8) is 0 Å². The number of aliphatic imine (C=N–C) groups is 1. The Morgan fingerprint density at radius 1 is 1.18 bits per heavy atom. The lowest BCUT2D eigenvalue weighted by atomic mass is 9.86. The lowest BCUT2D eigenvalue weighted by molar-refractivity contribution is 0.192. The quantitative estimate of drug-likeness (QED) is 0.691. The fourth-order valence-corrected chi connectivity index (χ4v) is 5.59. The van der Waals surface area contributed by atoms with E-state index in [0.717, 1.165) is 29.1 Å². The van der Waals surface area contributed by atoms with Crippen molar-refractivity contribution in [3.8, 4) is 0 Å². The lowest BCUT2D eigenvalue weighted by Crippen LogP contribution is -2.50. The number of hydrogen-bond acceptors (Lipinski definition) is 8. The number of hydrogen-bond donors (Lipinski definition) is 1. The molecule has 1 N–H and O–H groups in total. The van der Waals surface area contributed by atoms with E-state index in [1.54, 1.807) is 0 Å². The molecule has 1 saturated heterocycles. The number of rotatable bonds is 5. The van der Waals surface area contributed by atoms with Crippen molar-refractivity contribution >= 4 is 33.4 Å². The van der Waals surface area contributed by atoms with Crippen LogP contribution in [0.15, 0.2) is 69.6 Å². The number of nitrogens with one attached hydrogen (secondary N) is 1. The fraction of sp³-hybridized carbons (Fsp3) is 0.391. The van der Waals surface area contributed by atoms with Gasteiger partial charge in [-0.25, -0.2) is 13.4 Å². The SMILES string of the molecule is CC1=NN2C(=NNC2CC2=CC3C=C(c4cnn(C5CN(S(C)(=O)=O)C5)c4)C=NC3C=C2)C=C1. The number of dihydropyridines is 1. The van der Waals surface area contributed by atoms with Crippen molar-refractivity contribution < 1.29 is 8.42 Å². The highest BCUT2D eigenvalue weighted by molar-refractivity contribution is 7.88. The topological polar surface area (TPSA) is 108 Å². The molecule has 3 unspecified atom stereocenters. The second-order valence-corrected chi connectivity index (χ2v) is 11.2. The van der Waals surface area contributed by atoms with E-state index >= 15 is 0 Å². The van der Waals surface area contributed by atoms with Gasteiger partial charge in [-0.15, -0.1) is 0 Å². The molecule has 5 heterocycles. The number of aromatic nitrogens is 2. The molecule has 5 aliphatic rings. The number of allylic oxidation sites excluding steroid dienone is 3. The Morgan fingerprint density at radius 3 is 2.85 bits per heavy atom. The lowest BCUT2D eigenvalue weighted by Gasteiger charge is -2.37. The number of amidine groups is 1. The van der Waals surface area contributed by atoms with Gasteiger partial charge >= 0.3 is 0 Å². The average molecular weight is 479 g/mol. The maximum absolute atomic E-state index is 11.6. The molecule has 3 atom stereocenters. The molecule has 176 valence electrons. The Labute approximate surface area is 198 Å². The summed E-state index contributed by atoms with van der Waals surface area (Å²) in [6.45, 7) is 2.91. The van der Waals surface area contributed by atoms with Crippen molar-refractivity contribution in [1.82, 2.24) is 24.5 Å². The Hall–Kier alpha value is -3.31. The van der Waals surface area contributed by atoms with E-state index in [2.05, 4.69) is 45.0 Å². The zero-order valence-corrected chi connectivity index (χ0v) is 19.8. The summed E-state index contributed by atoms with van der Waals surface area (Å²) >= 11 is 0. The molecule has 6 rings (SSSR count). The van der Waals surface area contributed by atoms with Crippen LogP contribution >= 0.6 is 0 Å². The van der Waals surface area contributed by atoms with Crippen LogP contribution in [-0.2, 0) is 10.0 Å². The van der Waals surface area contributed by atoms with E-state index in [4.69, 9.17) is 4.99 Å². The molecule has 0 bridgehead atoms. The first-order valence-electron chi connectivity index (χ1n) is 11.3. The number of sulfonamides is 1. The molecule has 0 spiro atoms. The Kier molecular flexibility index (Phi) is 4.92. The van der Waals surface area contributed by atoms with Crippen LogP contribution in [0.4, 0.5) is 0 Å². The molecule has 1 aliphatic carbocycles. The van der Waals surface area contributed by atoms with Gasteiger partial charge in [-0.05, 0) is 30.2 Å². The van der Waals surface area contributed by atoms with Crippen molar-refractivity contribution in [2.45, 2.75) is 31.6 Å². The predicted molar refractivity (Wildman–Crippen MR) is 132 cm³/mol. The smallest absolute Gasteiger partial charge is 0.211 e. The van der Waals surface area contributed by atoms with Gasteiger partial charge in [0.05, 0.1) is 30.2 Å². The molecule has 10 nitrogen and oxygen atoms in total. The van der Waals surface area contributed by atoms with Crippen molar-refractivity contribution in [2.24, 2.45) is 21.1 Å². The van der Waals surface area contributed by atoms with Crippen LogP contribution in [0, 0.1) is 5.92 Å². The first-order valence-corrected chi connectivity index (χ1v) is 13.2. The van der Waals surface area contributed by atoms with Crippen LogP contribution in [0.25, 0.3) is 5.57 Å². The zero-order chi connectivity index (χ0) is 23.4. The van der Waals surface area contributed by atoms with Gasteiger partial charge in [-0.1, -0.05) is 24.3 Å². The molecule has 0 radical (unpaired) electrons. The van der Waals surface area contributed by atoms with Crippen molar-refractivity contribution in [2.75, 3.05) is 19.3 Å². The largest absolute Gasteiger partial charge is 0.284 e. The summed E-state index contributed by atoms with van der Waals surface area (Å²) < 4.78 is 26.6. The van der Waals surface area contributed by atoms with E-state index in [-0.39, 0.29) is 24.2 Å². The van der Waals surface area contributed by atoms with Gasteiger partial charge < -0.3 is 0 Å². The number of nitrogens with zero attached hydrogens (tertiary/aromatic N) is 7. The summed E-state index contributed by atoms with van der Waals surface area (Å²) in [5.41, 5.74) is 7.39. The highest BCUT2D eigenvalue weighted by Crippen LogP contribution is 2.31. The second-order valence-electron chi connectivity index (χ2n) is 9.25. The van der Waals surface area contributed by atoms with Crippen LogP contribution in [0.5, 0.6) is 0 Å². The minimum Gasteiger partial charge on any atom is -0.284 e. The maximum atomic E-state index is 11.6. The molecule has 0 saturated carbocycles. The third kappa shape index (κ3) is 3.84. The third-order valence-electron chi connectivity index (χ3n) is 6.70. The van der Waals surface area contributed by atoms with Crippen molar-refractivity contribution in [1.29, 1.82) is 0 Å². The fourth-order valence-electron chi connectivity index (χ4n) is 4.71. The standard InChI is InChI=1S/C23H26N8O2S/c1-15-3-6-22-26-27-23(31(22)28-15)8-16-4-5-21-17(7-16)9-18(10-24-21)19-11-25-30(12-19)20-13-29(14-20)34(2,32)33/h3-7,9-12,17,20-21,23,27H,8,13-14H2,1-2H3. The van der Waals surface area contributed by atoms with E-state index in [1.807, 2.05) is 47.4 Å². The van der Waals surface area contributed by atoms with Crippen molar-refractivity contribution in [3.05, 3.63) is 60.0 Å². The van der Waals surface area contributed by atoms with E-state index < -0.39 is 10.0 Å². The molecule has 34 heavy (non-hydrogen) atoms. The molecule has 0 amide bonds. The van der Waals surface area contributed by atoms with E-state index in [9.17, 15) is 8.42 Å². The Balaban J connectivity index is 1.15. The normalized spacial score (nSPS) is 28.4. The number of fused-ring (bicyclic) bond motifs is 2. The first-order chi connectivity index (χ1) is 16.3. The third-order valence-corrected chi connectivity index (χ3v) is 7.94. The molecular weight excluding hydrogens is 452 g/mol. The van der Waals surface area contributed by atoms with Crippen LogP contribution < -0.4 is 5.43 Å². The summed E-state index contributed by atoms with van der Waals surface area (Å²) in [4.78, 5) is 4.75. The highest BCUT2D eigenvalue weighted by atomic mass is 32.2. The predicted octanol–water partition coefficient (Wildman–Crippen LogP) is 1.53. The molecule has 11 heteroatoms. The zero-order valence-electron chi connectivity index (χ0n) is 19.0. The first kappa shape index (κ1) is 21.2. The minimum atomic E-state index is -3.14. The summed E-state index contributed by atoms with van der Waals surface area (Å²) in [7, 11) is -3.14. The minimum absolute atomic E-state index is 0.00917. The van der Waals surface area contributed by atoms with E-state index in [0.29, 0.717) is 13.1 Å². The average Bonchev–Trinajstić information content (AvgIpc) is 3.39. The summed E-state index contributed by atoms with van der Waals surface area (Å²) in [5.74, 6) is 1.00. The summed E-state index contributed by atoms with van der Waals surface area (Å²) in [6, 6.07) is 0.169. The summed E-state index contributed by atoms with van der Waals surface area (Å²) in [5, 5.41) is 15.4. The number of hydrazone groups is 2. The van der Waals surface area contributed by atoms with Gasteiger partial charge in [0.15, 0.2) is 5.84 Å². The monoisotopic (exact) mass is 478 g/mol. The Morgan fingerprint density at radius 2 is 2.03 bits per heavy atom. The second kappa shape index (κ2) is 7.88. The Bertz CT molecular complexity index is 1340. The summed E-state index contributed by atoms with van der Waals surface area (Å²) in [6.07, 6.45) is 20.5. The van der Waals surface area contributed by atoms with Gasteiger partial charge in [-0.2, -0.15) is 19.6 Å². The highest BCUT2D eigenvalue weighted by Gasteiger charge is 2.35. The molecule has 1 aromatic rings. The van der Waals surface area contributed by atoms with Gasteiger partial charge in [0.2, 0.25) is 10.0 Å². The van der Waals surface area contributed by atoms with Crippen LogP contribution in [0.1, 0.15) is 24.9 Å².